The van der Waals surface area contributed by atoms with Crippen LogP contribution in [0.4, 0.5) is 24.9 Å². The van der Waals surface area contributed by atoms with Crippen molar-refractivity contribution in [3.63, 3.8) is 0 Å². The summed E-state index contributed by atoms with van der Waals surface area (Å²) in [5.41, 5.74) is 0. The number of anilines is 2. The van der Waals surface area contributed by atoms with Gasteiger partial charge in [0.15, 0.2) is 11.6 Å². The second-order valence-corrected chi connectivity index (χ2v) is 9.40. The average molecular weight is 496 g/mol. The van der Waals surface area contributed by atoms with Crippen LogP contribution in [-0.4, -0.2) is 50.1 Å². The van der Waals surface area contributed by atoms with Crippen LogP contribution in [-0.2, 0) is 30.5 Å². The SMILES string of the molecule is CC.CCCc1cc2c(N3CCn4c(nnc4C(F)(F)F)C3)nc(N3CC(=O)C(C)C3)nc2s1. The molecule has 0 N–H and O–H groups in total. The molecule has 12 heteroatoms. The predicted octanol–water partition coefficient (Wildman–Crippen LogP) is 4.33. The summed E-state index contributed by atoms with van der Waals surface area (Å²) in [7, 11) is 0. The van der Waals surface area contributed by atoms with Crippen molar-refractivity contribution in [1.82, 2.24) is 24.7 Å². The van der Waals surface area contributed by atoms with Gasteiger partial charge in [-0.1, -0.05) is 34.1 Å². The van der Waals surface area contributed by atoms with Crippen LogP contribution in [0, 0.1) is 5.92 Å². The molecule has 1 fully saturated rings. The standard InChI is InChI=1S/C20H22F3N7OS.C2H6/c1-3-4-12-7-13-16(24-19(25-17(13)32-12)29-8-11(2)14(31)9-29)28-5-6-30-15(10-28)26-27-18(30)20(21,22)23;1-2/h7,11H,3-6,8-10H2,1-2H3;1-2H3. The predicted molar refractivity (Wildman–Crippen MR) is 125 cm³/mol. The Bertz CT molecular complexity index is 1190. The van der Waals surface area contributed by atoms with Crippen molar-refractivity contribution < 1.29 is 18.0 Å². The van der Waals surface area contributed by atoms with Gasteiger partial charge < -0.3 is 14.4 Å². The largest absolute Gasteiger partial charge is 0.451 e. The summed E-state index contributed by atoms with van der Waals surface area (Å²) in [6.45, 7) is 9.44. The van der Waals surface area contributed by atoms with Crippen molar-refractivity contribution >= 4 is 39.1 Å². The lowest BCUT2D eigenvalue weighted by molar-refractivity contribution is -0.147. The summed E-state index contributed by atoms with van der Waals surface area (Å²) in [6, 6.07) is 2.07. The lowest BCUT2D eigenvalue weighted by Crippen LogP contribution is -2.36. The molecular weight excluding hydrogens is 467 g/mol. The van der Waals surface area contributed by atoms with Gasteiger partial charge in [0.2, 0.25) is 11.8 Å². The zero-order chi connectivity index (χ0) is 24.6. The van der Waals surface area contributed by atoms with Crippen LogP contribution in [0.2, 0.25) is 0 Å². The highest BCUT2D eigenvalue weighted by molar-refractivity contribution is 7.18. The Morgan fingerprint density at radius 1 is 1.12 bits per heavy atom. The second-order valence-electron chi connectivity index (χ2n) is 8.29. The third-order valence-electron chi connectivity index (χ3n) is 5.89. The van der Waals surface area contributed by atoms with Gasteiger partial charge in [-0.2, -0.15) is 18.2 Å². The molecule has 0 bridgehead atoms. The molecule has 0 saturated carbocycles. The molecule has 0 spiro atoms. The van der Waals surface area contributed by atoms with E-state index in [0.29, 0.717) is 24.9 Å². The van der Waals surface area contributed by atoms with Gasteiger partial charge in [-0.25, -0.2) is 4.98 Å². The minimum atomic E-state index is -4.54. The zero-order valence-corrected chi connectivity index (χ0v) is 20.5. The number of ketones is 1. The van der Waals surface area contributed by atoms with Crippen LogP contribution < -0.4 is 9.80 Å². The minimum Gasteiger partial charge on any atom is -0.347 e. The van der Waals surface area contributed by atoms with E-state index in [0.717, 1.165) is 27.6 Å². The normalized spacial score (nSPS) is 18.3. The van der Waals surface area contributed by atoms with E-state index in [4.69, 9.17) is 9.97 Å². The quantitative estimate of drug-likeness (QED) is 0.533. The molecule has 3 aromatic rings. The van der Waals surface area contributed by atoms with E-state index >= 15 is 0 Å². The summed E-state index contributed by atoms with van der Waals surface area (Å²) in [5, 5.41) is 8.04. The lowest BCUT2D eigenvalue weighted by atomic mass is 10.1. The third-order valence-corrected chi connectivity index (χ3v) is 6.98. The van der Waals surface area contributed by atoms with Gasteiger partial charge in [0.05, 0.1) is 18.5 Å². The van der Waals surface area contributed by atoms with Crippen LogP contribution in [0.15, 0.2) is 6.07 Å². The number of aromatic nitrogens is 5. The van der Waals surface area contributed by atoms with Gasteiger partial charge in [-0.15, -0.1) is 21.5 Å². The van der Waals surface area contributed by atoms with Crippen LogP contribution in [0.3, 0.4) is 0 Å². The van der Waals surface area contributed by atoms with Crippen LogP contribution in [0.1, 0.15) is 50.6 Å². The number of carbonyl (C=O) groups is 1. The van der Waals surface area contributed by atoms with Crippen molar-refractivity contribution in [3.05, 3.63) is 22.6 Å². The Morgan fingerprint density at radius 3 is 2.53 bits per heavy atom. The summed E-state index contributed by atoms with van der Waals surface area (Å²) in [6.07, 6.45) is -2.63. The van der Waals surface area contributed by atoms with E-state index < -0.39 is 12.0 Å². The van der Waals surface area contributed by atoms with Crippen LogP contribution in [0.25, 0.3) is 10.2 Å². The molecule has 1 atom stereocenters. The number of hydrogen-bond acceptors (Lipinski definition) is 8. The second kappa shape index (κ2) is 9.47. The highest BCUT2D eigenvalue weighted by Crippen LogP contribution is 2.36. The summed E-state index contributed by atoms with van der Waals surface area (Å²) in [5.74, 6) is 0.512. The molecule has 5 heterocycles. The van der Waals surface area contributed by atoms with Gasteiger partial charge in [0.1, 0.15) is 10.6 Å². The molecular formula is C22H28F3N7OS. The van der Waals surface area contributed by atoms with Crippen LogP contribution in [0.5, 0.6) is 0 Å². The fourth-order valence-corrected chi connectivity index (χ4v) is 5.36. The molecule has 2 aliphatic heterocycles. The van der Waals surface area contributed by atoms with Crippen molar-refractivity contribution in [2.24, 2.45) is 5.92 Å². The van der Waals surface area contributed by atoms with E-state index in [1.807, 2.05) is 30.6 Å². The molecule has 5 rings (SSSR count). The van der Waals surface area contributed by atoms with Crippen LogP contribution >= 0.6 is 11.3 Å². The number of aryl methyl sites for hydroxylation is 1. The van der Waals surface area contributed by atoms with E-state index in [1.165, 1.54) is 4.88 Å². The maximum atomic E-state index is 13.2. The number of rotatable bonds is 4. The minimum absolute atomic E-state index is 0.0777. The molecule has 0 aromatic carbocycles. The first kappa shape index (κ1) is 24.4. The first-order valence-corrected chi connectivity index (χ1v) is 12.4. The van der Waals surface area contributed by atoms with Gasteiger partial charge in [-0.3, -0.25) is 4.79 Å². The fraction of sp³-hybridized carbons (Fsp3) is 0.591. The van der Waals surface area contributed by atoms with Gasteiger partial charge in [0.25, 0.3) is 0 Å². The topological polar surface area (TPSA) is 80.0 Å². The highest BCUT2D eigenvalue weighted by Gasteiger charge is 2.40. The molecule has 8 nitrogen and oxygen atoms in total. The maximum Gasteiger partial charge on any atom is 0.451 e. The number of thiophene rings is 1. The lowest BCUT2D eigenvalue weighted by Gasteiger charge is -2.30. The Morgan fingerprint density at radius 2 is 1.88 bits per heavy atom. The van der Waals surface area contributed by atoms with Gasteiger partial charge in [0, 0.05) is 30.4 Å². The molecule has 0 radical (unpaired) electrons. The number of halogens is 3. The average Bonchev–Trinajstić information content (AvgIpc) is 3.50. The van der Waals surface area contributed by atoms with E-state index in [2.05, 4.69) is 23.2 Å². The molecule has 184 valence electrons. The van der Waals surface area contributed by atoms with E-state index in [-0.39, 0.29) is 37.2 Å². The number of alkyl halides is 3. The maximum absolute atomic E-state index is 13.2. The number of fused-ring (bicyclic) bond motifs is 2. The monoisotopic (exact) mass is 495 g/mol. The molecule has 0 aliphatic carbocycles. The smallest absolute Gasteiger partial charge is 0.347 e. The number of carbonyl (C=O) groups excluding carboxylic acids is 1. The van der Waals surface area contributed by atoms with Gasteiger partial charge >= 0.3 is 6.18 Å². The van der Waals surface area contributed by atoms with Crippen molar-refractivity contribution in [1.29, 1.82) is 0 Å². The van der Waals surface area contributed by atoms with E-state index in [9.17, 15) is 18.0 Å². The molecule has 1 saturated heterocycles. The number of Topliss-reactive ketones (excluding diaryl/α,β-unsaturated/α-hetero) is 1. The number of hydrogen-bond donors (Lipinski definition) is 0. The van der Waals surface area contributed by atoms with Crippen molar-refractivity contribution in [3.8, 4) is 0 Å². The highest BCUT2D eigenvalue weighted by atomic mass is 32.1. The summed E-state index contributed by atoms with van der Waals surface area (Å²) >= 11 is 1.60. The third kappa shape index (κ3) is 4.47. The van der Waals surface area contributed by atoms with E-state index in [1.54, 1.807) is 11.3 Å². The van der Waals surface area contributed by atoms with Gasteiger partial charge in [-0.05, 0) is 12.5 Å². The summed E-state index contributed by atoms with van der Waals surface area (Å²) in [4.78, 5) is 27.4. The fourth-order valence-electron chi connectivity index (χ4n) is 4.24. The Labute approximate surface area is 199 Å². The molecule has 2 aliphatic rings. The summed E-state index contributed by atoms with van der Waals surface area (Å²) < 4.78 is 40.8. The van der Waals surface area contributed by atoms with Crippen molar-refractivity contribution in [2.75, 3.05) is 29.4 Å². The zero-order valence-electron chi connectivity index (χ0n) is 19.7. The first-order chi connectivity index (χ1) is 16.2. The van der Waals surface area contributed by atoms with Crippen molar-refractivity contribution in [2.45, 2.75) is 59.8 Å². The Balaban J connectivity index is 0.00000133. The Kier molecular flexibility index (Phi) is 6.79. The molecule has 0 amide bonds. The molecule has 3 aromatic heterocycles. The first-order valence-electron chi connectivity index (χ1n) is 11.6. The molecule has 1 unspecified atom stereocenters. The molecule has 34 heavy (non-hydrogen) atoms. The Hall–Kier alpha value is -2.76. The number of nitrogens with zero attached hydrogens (tertiary/aromatic N) is 7.